The molecule has 2 aromatic rings. The van der Waals surface area contributed by atoms with Gasteiger partial charge in [-0.3, -0.25) is 4.79 Å². The fraction of sp³-hybridized carbons (Fsp3) is 0.389. The molecule has 0 unspecified atom stereocenters. The molecule has 1 heterocycles. The summed E-state index contributed by atoms with van der Waals surface area (Å²) in [6, 6.07) is 12.0. The lowest BCUT2D eigenvalue weighted by molar-refractivity contribution is -0.132. The van der Waals surface area contributed by atoms with Crippen LogP contribution in [0.1, 0.15) is 36.6 Å². The zero-order valence-electron chi connectivity index (χ0n) is 13.2. The fourth-order valence-corrected chi connectivity index (χ4v) is 3.07. The molecule has 118 valence electrons. The van der Waals surface area contributed by atoms with Crippen LogP contribution in [0.4, 0.5) is 0 Å². The normalized spacial score (nSPS) is 10.5. The highest BCUT2D eigenvalue weighted by Crippen LogP contribution is 2.22. The van der Waals surface area contributed by atoms with Crippen molar-refractivity contribution in [3.05, 3.63) is 52.2 Å². The van der Waals surface area contributed by atoms with Gasteiger partial charge in [-0.25, -0.2) is 0 Å². The number of hydrogen-bond acceptors (Lipinski definition) is 3. The molecule has 0 N–H and O–H groups in total. The summed E-state index contributed by atoms with van der Waals surface area (Å²) >= 11 is 1.69. The molecule has 1 aromatic carbocycles. The molecule has 22 heavy (non-hydrogen) atoms. The van der Waals surface area contributed by atoms with E-state index in [1.807, 2.05) is 40.6 Å². The number of unbranched alkanes of at least 4 members (excludes halogenated alkanes) is 1. The maximum atomic E-state index is 12.5. The van der Waals surface area contributed by atoms with Crippen LogP contribution in [0.15, 0.2) is 41.8 Å². The van der Waals surface area contributed by atoms with Crippen molar-refractivity contribution in [1.29, 1.82) is 0 Å². The molecule has 3 nitrogen and oxygen atoms in total. The number of ether oxygens (including phenoxy) is 1. The lowest BCUT2D eigenvalue weighted by Crippen LogP contribution is -2.29. The minimum absolute atomic E-state index is 0.209. The van der Waals surface area contributed by atoms with Crippen LogP contribution in [0.3, 0.4) is 0 Å². The highest BCUT2D eigenvalue weighted by Gasteiger charge is 2.16. The lowest BCUT2D eigenvalue weighted by Gasteiger charge is -2.23. The highest BCUT2D eigenvalue weighted by molar-refractivity contribution is 7.09. The molecule has 0 spiro atoms. The van der Waals surface area contributed by atoms with E-state index in [1.165, 1.54) is 4.88 Å². The summed E-state index contributed by atoms with van der Waals surface area (Å²) in [6.07, 6.45) is 2.58. The predicted octanol–water partition coefficient (Wildman–Crippen LogP) is 4.48. The van der Waals surface area contributed by atoms with Gasteiger partial charge < -0.3 is 9.64 Å². The van der Waals surface area contributed by atoms with E-state index < -0.39 is 0 Å². The minimum Gasteiger partial charge on any atom is -0.496 e. The largest absolute Gasteiger partial charge is 0.496 e. The zero-order valence-corrected chi connectivity index (χ0v) is 14.1. The van der Waals surface area contributed by atoms with Crippen LogP contribution in [-0.2, 0) is 17.9 Å². The summed E-state index contributed by atoms with van der Waals surface area (Å²) in [6.45, 7) is 3.36. The summed E-state index contributed by atoms with van der Waals surface area (Å²) in [7, 11) is 1.67. The summed E-state index contributed by atoms with van der Waals surface area (Å²) < 4.78 is 5.41. The number of para-hydroxylation sites is 1. The van der Waals surface area contributed by atoms with Crippen molar-refractivity contribution in [2.75, 3.05) is 7.11 Å². The lowest BCUT2D eigenvalue weighted by atomic mass is 10.1. The smallest absolute Gasteiger partial charge is 0.223 e. The van der Waals surface area contributed by atoms with Gasteiger partial charge in [0.1, 0.15) is 5.75 Å². The monoisotopic (exact) mass is 317 g/mol. The van der Waals surface area contributed by atoms with Crippen LogP contribution in [-0.4, -0.2) is 17.9 Å². The topological polar surface area (TPSA) is 29.5 Å². The van der Waals surface area contributed by atoms with Crippen LogP contribution in [0.25, 0.3) is 0 Å². The quantitative estimate of drug-likeness (QED) is 0.718. The molecule has 0 fully saturated rings. The van der Waals surface area contributed by atoms with E-state index in [2.05, 4.69) is 13.0 Å². The van der Waals surface area contributed by atoms with Gasteiger partial charge in [0, 0.05) is 23.4 Å². The number of amides is 1. The van der Waals surface area contributed by atoms with E-state index in [1.54, 1.807) is 18.4 Å². The Labute approximate surface area is 136 Å². The first-order valence-electron chi connectivity index (χ1n) is 7.66. The van der Waals surface area contributed by atoms with E-state index in [9.17, 15) is 4.79 Å². The highest BCUT2D eigenvalue weighted by atomic mass is 32.1. The van der Waals surface area contributed by atoms with E-state index in [-0.39, 0.29) is 5.91 Å². The van der Waals surface area contributed by atoms with Crippen LogP contribution in [0.5, 0.6) is 5.75 Å². The van der Waals surface area contributed by atoms with Gasteiger partial charge in [0.25, 0.3) is 0 Å². The van der Waals surface area contributed by atoms with Crippen molar-refractivity contribution in [2.45, 2.75) is 39.3 Å². The molecule has 0 bridgehead atoms. The number of benzene rings is 1. The Bertz CT molecular complexity index is 581. The van der Waals surface area contributed by atoms with Crippen molar-refractivity contribution >= 4 is 17.2 Å². The standard InChI is InChI=1S/C18H23NO2S/c1-3-4-11-18(20)19(14-16-9-7-12-22-16)13-15-8-5-6-10-17(15)21-2/h5-10,12H,3-4,11,13-14H2,1-2H3. The zero-order chi connectivity index (χ0) is 15.8. The molecule has 0 saturated heterocycles. The number of methoxy groups -OCH3 is 1. The van der Waals surface area contributed by atoms with Crippen molar-refractivity contribution in [2.24, 2.45) is 0 Å². The number of thiophene rings is 1. The van der Waals surface area contributed by atoms with Crippen LogP contribution in [0, 0.1) is 0 Å². The summed E-state index contributed by atoms with van der Waals surface area (Å²) in [5.41, 5.74) is 1.05. The van der Waals surface area contributed by atoms with E-state index >= 15 is 0 Å². The Morgan fingerprint density at radius 3 is 2.68 bits per heavy atom. The number of nitrogens with zero attached hydrogens (tertiary/aromatic N) is 1. The average Bonchev–Trinajstić information content (AvgIpc) is 3.05. The maximum Gasteiger partial charge on any atom is 0.223 e. The Morgan fingerprint density at radius 1 is 1.18 bits per heavy atom. The third-order valence-corrected chi connectivity index (χ3v) is 4.44. The van der Waals surface area contributed by atoms with Gasteiger partial charge >= 0.3 is 0 Å². The Kier molecular flexibility index (Phi) is 6.46. The SMILES string of the molecule is CCCCC(=O)N(Cc1cccs1)Cc1ccccc1OC. The Balaban J connectivity index is 2.14. The van der Waals surface area contributed by atoms with Gasteiger partial charge in [0.15, 0.2) is 0 Å². The van der Waals surface area contributed by atoms with Crippen molar-refractivity contribution < 1.29 is 9.53 Å². The van der Waals surface area contributed by atoms with E-state index in [0.717, 1.165) is 24.2 Å². The number of rotatable bonds is 8. The first-order chi connectivity index (χ1) is 10.7. The maximum absolute atomic E-state index is 12.5. The van der Waals surface area contributed by atoms with Crippen LogP contribution in [0.2, 0.25) is 0 Å². The number of carbonyl (C=O) groups excluding carboxylic acids is 1. The van der Waals surface area contributed by atoms with Crippen molar-refractivity contribution in [3.8, 4) is 5.75 Å². The van der Waals surface area contributed by atoms with Gasteiger partial charge in [-0.05, 0) is 23.9 Å². The molecule has 1 aromatic heterocycles. The molecular weight excluding hydrogens is 294 g/mol. The molecule has 0 atom stereocenters. The Morgan fingerprint density at radius 2 is 2.00 bits per heavy atom. The first kappa shape index (κ1) is 16.6. The average molecular weight is 317 g/mol. The predicted molar refractivity (Wildman–Crippen MR) is 91.1 cm³/mol. The second-order valence-corrected chi connectivity index (χ2v) is 6.28. The second-order valence-electron chi connectivity index (χ2n) is 5.24. The number of carbonyl (C=O) groups is 1. The summed E-state index contributed by atoms with van der Waals surface area (Å²) in [5, 5.41) is 2.05. The molecule has 0 radical (unpaired) electrons. The minimum atomic E-state index is 0.209. The van der Waals surface area contributed by atoms with E-state index in [4.69, 9.17) is 4.74 Å². The number of hydrogen-bond donors (Lipinski definition) is 0. The van der Waals surface area contributed by atoms with Gasteiger partial charge in [-0.15, -0.1) is 11.3 Å². The Hall–Kier alpha value is -1.81. The van der Waals surface area contributed by atoms with Gasteiger partial charge in [-0.2, -0.15) is 0 Å². The molecule has 0 aliphatic heterocycles. The fourth-order valence-electron chi connectivity index (χ4n) is 2.35. The van der Waals surface area contributed by atoms with Crippen molar-refractivity contribution in [1.82, 2.24) is 4.90 Å². The van der Waals surface area contributed by atoms with Gasteiger partial charge in [0.2, 0.25) is 5.91 Å². The van der Waals surface area contributed by atoms with Crippen LogP contribution < -0.4 is 4.74 Å². The molecule has 2 rings (SSSR count). The molecule has 0 saturated carbocycles. The molecule has 0 aliphatic carbocycles. The van der Waals surface area contributed by atoms with Crippen molar-refractivity contribution in [3.63, 3.8) is 0 Å². The molecule has 1 amide bonds. The molecular formula is C18H23NO2S. The van der Waals surface area contributed by atoms with E-state index in [0.29, 0.717) is 19.5 Å². The third kappa shape index (κ3) is 4.60. The second kappa shape index (κ2) is 8.59. The van der Waals surface area contributed by atoms with Crippen LogP contribution >= 0.6 is 11.3 Å². The third-order valence-electron chi connectivity index (χ3n) is 3.58. The summed E-state index contributed by atoms with van der Waals surface area (Å²) in [4.78, 5) is 15.7. The van der Waals surface area contributed by atoms with Gasteiger partial charge in [0.05, 0.1) is 13.7 Å². The first-order valence-corrected chi connectivity index (χ1v) is 8.54. The molecule has 0 aliphatic rings. The van der Waals surface area contributed by atoms with Gasteiger partial charge in [-0.1, -0.05) is 37.6 Å². The summed E-state index contributed by atoms with van der Waals surface area (Å²) in [5.74, 6) is 1.04. The molecule has 4 heteroatoms.